The number of aliphatic hydroxyl groups is 1. The molecule has 1 amide bonds. The van der Waals surface area contributed by atoms with Crippen LogP contribution < -0.4 is 0 Å². The molecule has 1 aliphatic carbocycles. The molecule has 0 spiro atoms. The van der Waals surface area contributed by atoms with Gasteiger partial charge in [0, 0.05) is 26.1 Å². The van der Waals surface area contributed by atoms with E-state index in [4.69, 9.17) is 5.11 Å². The molecule has 14 heavy (non-hydrogen) atoms. The maximum absolute atomic E-state index is 11.7. The third kappa shape index (κ3) is 4.09. The Morgan fingerprint density at radius 1 is 1.43 bits per heavy atom. The van der Waals surface area contributed by atoms with Crippen LogP contribution in [0.2, 0.25) is 0 Å². The van der Waals surface area contributed by atoms with Crippen molar-refractivity contribution in [2.75, 3.05) is 19.7 Å². The highest BCUT2D eigenvalue weighted by molar-refractivity contribution is 5.76. The molecular formula is C11H21NO2. The average Bonchev–Trinajstić information content (AvgIpc) is 2.98. The summed E-state index contributed by atoms with van der Waals surface area (Å²) in [5.41, 5.74) is 0. The maximum atomic E-state index is 11.7. The molecule has 0 aromatic heterocycles. The van der Waals surface area contributed by atoms with Gasteiger partial charge in [-0.05, 0) is 38.5 Å². The Morgan fingerprint density at radius 2 is 2.14 bits per heavy atom. The van der Waals surface area contributed by atoms with Crippen LogP contribution >= 0.6 is 0 Å². The standard InChI is InChI=1S/C11H21NO2/c1-2-12(9-10-6-7-10)11(14)5-3-4-8-13/h10,13H,2-9H2,1H3. The number of aliphatic hydroxyl groups excluding tert-OH is 1. The molecule has 0 aromatic carbocycles. The Hall–Kier alpha value is -0.570. The van der Waals surface area contributed by atoms with E-state index in [1.54, 1.807) is 0 Å². The average molecular weight is 199 g/mol. The van der Waals surface area contributed by atoms with Gasteiger partial charge in [0.1, 0.15) is 0 Å². The van der Waals surface area contributed by atoms with Gasteiger partial charge in [0.05, 0.1) is 0 Å². The van der Waals surface area contributed by atoms with E-state index in [1.165, 1.54) is 12.8 Å². The molecule has 1 N–H and O–H groups in total. The van der Waals surface area contributed by atoms with E-state index in [9.17, 15) is 4.79 Å². The summed E-state index contributed by atoms with van der Waals surface area (Å²) in [6.45, 7) is 4.01. The lowest BCUT2D eigenvalue weighted by atomic mass is 10.2. The topological polar surface area (TPSA) is 40.5 Å². The molecule has 0 bridgehead atoms. The number of carbonyl (C=O) groups is 1. The summed E-state index contributed by atoms with van der Waals surface area (Å²) in [7, 11) is 0. The fourth-order valence-corrected chi connectivity index (χ4v) is 1.57. The van der Waals surface area contributed by atoms with E-state index in [2.05, 4.69) is 0 Å². The second-order valence-electron chi connectivity index (χ2n) is 4.06. The number of hydrogen-bond donors (Lipinski definition) is 1. The molecule has 1 fully saturated rings. The highest BCUT2D eigenvalue weighted by atomic mass is 16.3. The van der Waals surface area contributed by atoms with Crippen molar-refractivity contribution in [3.63, 3.8) is 0 Å². The predicted molar refractivity (Wildman–Crippen MR) is 55.9 cm³/mol. The Balaban J connectivity index is 2.16. The fourth-order valence-electron chi connectivity index (χ4n) is 1.57. The van der Waals surface area contributed by atoms with Gasteiger partial charge >= 0.3 is 0 Å². The molecule has 0 aromatic rings. The van der Waals surface area contributed by atoms with Gasteiger partial charge in [-0.2, -0.15) is 0 Å². The molecule has 0 unspecified atom stereocenters. The minimum atomic E-state index is 0.196. The highest BCUT2D eigenvalue weighted by Gasteiger charge is 2.25. The molecule has 0 saturated heterocycles. The smallest absolute Gasteiger partial charge is 0.222 e. The van der Waals surface area contributed by atoms with Crippen LogP contribution in [0.4, 0.5) is 0 Å². The first kappa shape index (κ1) is 11.5. The fraction of sp³-hybridized carbons (Fsp3) is 0.909. The van der Waals surface area contributed by atoms with E-state index in [0.717, 1.165) is 31.8 Å². The first-order chi connectivity index (χ1) is 6.77. The third-order valence-electron chi connectivity index (χ3n) is 2.71. The third-order valence-corrected chi connectivity index (χ3v) is 2.71. The molecule has 3 nitrogen and oxygen atoms in total. The Labute approximate surface area is 86.1 Å². The van der Waals surface area contributed by atoms with Crippen molar-refractivity contribution >= 4 is 5.91 Å². The summed E-state index contributed by atoms with van der Waals surface area (Å²) in [4.78, 5) is 13.6. The van der Waals surface area contributed by atoms with Crippen LogP contribution in [0.25, 0.3) is 0 Å². The molecule has 0 heterocycles. The van der Waals surface area contributed by atoms with E-state index in [1.807, 2.05) is 11.8 Å². The summed E-state index contributed by atoms with van der Waals surface area (Å²) >= 11 is 0. The number of hydrogen-bond acceptors (Lipinski definition) is 2. The zero-order chi connectivity index (χ0) is 10.4. The summed E-state index contributed by atoms with van der Waals surface area (Å²) in [5.74, 6) is 1.03. The maximum Gasteiger partial charge on any atom is 0.222 e. The van der Waals surface area contributed by atoms with Crippen LogP contribution in [0.3, 0.4) is 0 Å². The van der Waals surface area contributed by atoms with Crippen LogP contribution in [-0.2, 0) is 4.79 Å². The van der Waals surface area contributed by atoms with Crippen LogP contribution in [0.5, 0.6) is 0 Å². The largest absolute Gasteiger partial charge is 0.396 e. The second kappa shape index (κ2) is 6.02. The lowest BCUT2D eigenvalue weighted by molar-refractivity contribution is -0.131. The van der Waals surface area contributed by atoms with Crippen molar-refractivity contribution in [2.45, 2.75) is 39.0 Å². The van der Waals surface area contributed by atoms with Crippen molar-refractivity contribution < 1.29 is 9.90 Å². The molecule has 0 radical (unpaired) electrons. The summed E-state index contributed by atoms with van der Waals surface area (Å²) < 4.78 is 0. The van der Waals surface area contributed by atoms with Gasteiger partial charge in [-0.3, -0.25) is 4.79 Å². The zero-order valence-electron chi connectivity index (χ0n) is 9.04. The molecule has 0 aliphatic heterocycles. The van der Waals surface area contributed by atoms with Crippen molar-refractivity contribution in [1.82, 2.24) is 4.90 Å². The van der Waals surface area contributed by atoms with Crippen LogP contribution in [0.1, 0.15) is 39.0 Å². The molecule has 82 valence electrons. The summed E-state index contributed by atoms with van der Waals surface area (Å²) in [6.07, 6.45) is 4.74. The van der Waals surface area contributed by atoms with Crippen molar-refractivity contribution in [1.29, 1.82) is 0 Å². The summed E-state index contributed by atoms with van der Waals surface area (Å²) in [5, 5.41) is 8.61. The first-order valence-corrected chi connectivity index (χ1v) is 5.66. The Bertz CT molecular complexity index is 178. The SMILES string of the molecule is CCN(CC1CC1)C(=O)CCCCO. The Kier molecular flexibility index (Phi) is 4.94. The van der Waals surface area contributed by atoms with Gasteiger partial charge in [-0.1, -0.05) is 0 Å². The molecular weight excluding hydrogens is 178 g/mol. The number of amides is 1. The Morgan fingerprint density at radius 3 is 2.64 bits per heavy atom. The van der Waals surface area contributed by atoms with E-state index in [0.29, 0.717) is 6.42 Å². The van der Waals surface area contributed by atoms with Gasteiger partial charge in [0.15, 0.2) is 0 Å². The van der Waals surface area contributed by atoms with Crippen LogP contribution in [0.15, 0.2) is 0 Å². The number of carbonyl (C=O) groups excluding carboxylic acids is 1. The van der Waals surface area contributed by atoms with Gasteiger partial charge < -0.3 is 10.0 Å². The van der Waals surface area contributed by atoms with Crippen molar-refractivity contribution in [2.24, 2.45) is 5.92 Å². The first-order valence-electron chi connectivity index (χ1n) is 5.66. The molecule has 3 heteroatoms. The zero-order valence-corrected chi connectivity index (χ0v) is 9.04. The molecule has 1 saturated carbocycles. The molecule has 1 aliphatic rings. The molecule has 1 rings (SSSR count). The van der Waals surface area contributed by atoms with E-state index in [-0.39, 0.29) is 12.5 Å². The van der Waals surface area contributed by atoms with Gasteiger partial charge in [0.2, 0.25) is 5.91 Å². The number of unbranched alkanes of at least 4 members (excludes halogenated alkanes) is 1. The van der Waals surface area contributed by atoms with Crippen LogP contribution in [-0.4, -0.2) is 35.6 Å². The molecule has 0 atom stereocenters. The van der Waals surface area contributed by atoms with Crippen molar-refractivity contribution in [3.8, 4) is 0 Å². The van der Waals surface area contributed by atoms with Gasteiger partial charge in [-0.15, -0.1) is 0 Å². The lowest BCUT2D eigenvalue weighted by Gasteiger charge is -2.20. The minimum Gasteiger partial charge on any atom is -0.396 e. The van der Waals surface area contributed by atoms with E-state index < -0.39 is 0 Å². The minimum absolute atomic E-state index is 0.196. The van der Waals surface area contributed by atoms with Crippen LogP contribution in [0, 0.1) is 5.92 Å². The lowest BCUT2D eigenvalue weighted by Crippen LogP contribution is -2.32. The number of rotatable bonds is 7. The van der Waals surface area contributed by atoms with E-state index >= 15 is 0 Å². The number of nitrogens with zero attached hydrogens (tertiary/aromatic N) is 1. The van der Waals surface area contributed by atoms with Gasteiger partial charge in [-0.25, -0.2) is 0 Å². The summed E-state index contributed by atoms with van der Waals surface area (Å²) in [6, 6.07) is 0. The predicted octanol–water partition coefficient (Wildman–Crippen LogP) is 1.41. The normalized spacial score (nSPS) is 15.6. The van der Waals surface area contributed by atoms with Gasteiger partial charge in [0.25, 0.3) is 0 Å². The second-order valence-corrected chi connectivity index (χ2v) is 4.06. The monoisotopic (exact) mass is 199 g/mol. The van der Waals surface area contributed by atoms with Crippen molar-refractivity contribution in [3.05, 3.63) is 0 Å². The quantitative estimate of drug-likeness (QED) is 0.630. The highest BCUT2D eigenvalue weighted by Crippen LogP contribution is 2.29.